The summed E-state index contributed by atoms with van der Waals surface area (Å²) in [5, 5.41) is 0.231. The zero-order valence-electron chi connectivity index (χ0n) is 12.8. The van der Waals surface area contributed by atoms with Crippen LogP contribution in [0, 0.1) is 0 Å². The van der Waals surface area contributed by atoms with Crippen LogP contribution in [0.25, 0.3) is 0 Å². The second-order valence-corrected chi connectivity index (χ2v) is 8.50. The maximum Gasteiger partial charge on any atom is 0.155 e. The first kappa shape index (κ1) is 18.3. The summed E-state index contributed by atoms with van der Waals surface area (Å²) in [6.07, 6.45) is 1.51. The molecular weight excluding hydrogens is 310 g/mol. The van der Waals surface area contributed by atoms with Crippen molar-refractivity contribution in [3.05, 3.63) is 28.8 Å². The van der Waals surface area contributed by atoms with E-state index in [0.717, 1.165) is 12.0 Å². The van der Waals surface area contributed by atoms with Crippen molar-refractivity contribution >= 4 is 21.4 Å². The number of rotatable bonds is 8. The van der Waals surface area contributed by atoms with Crippen molar-refractivity contribution in [2.45, 2.75) is 44.9 Å². The van der Waals surface area contributed by atoms with Gasteiger partial charge < -0.3 is 10.5 Å². The summed E-state index contributed by atoms with van der Waals surface area (Å²) in [5.41, 5.74) is 6.88. The van der Waals surface area contributed by atoms with Gasteiger partial charge in [0.15, 0.2) is 9.84 Å². The van der Waals surface area contributed by atoms with E-state index in [2.05, 4.69) is 0 Å². The van der Waals surface area contributed by atoms with Crippen LogP contribution in [0.3, 0.4) is 0 Å². The van der Waals surface area contributed by atoms with Crippen LogP contribution in [0.15, 0.2) is 18.2 Å². The molecule has 0 aliphatic rings. The number of hydrogen-bond acceptors (Lipinski definition) is 4. The SMILES string of the molecule is CCC(N)Cc1cc(Cl)ccc1OCCS(=O)(=O)C(C)C. The van der Waals surface area contributed by atoms with Gasteiger partial charge in [-0.1, -0.05) is 18.5 Å². The van der Waals surface area contributed by atoms with Crippen molar-refractivity contribution in [2.75, 3.05) is 12.4 Å². The highest BCUT2D eigenvalue weighted by atomic mass is 35.5. The smallest absolute Gasteiger partial charge is 0.155 e. The lowest BCUT2D eigenvalue weighted by atomic mass is 10.0. The molecule has 1 atom stereocenters. The molecule has 0 fully saturated rings. The molecule has 0 radical (unpaired) electrons. The highest BCUT2D eigenvalue weighted by Gasteiger charge is 2.16. The third-order valence-corrected chi connectivity index (χ3v) is 5.78. The maximum atomic E-state index is 11.8. The average Bonchev–Trinajstić information content (AvgIpc) is 2.40. The van der Waals surface area contributed by atoms with Gasteiger partial charge in [0.1, 0.15) is 12.4 Å². The van der Waals surface area contributed by atoms with Crippen LogP contribution < -0.4 is 10.5 Å². The van der Waals surface area contributed by atoms with Gasteiger partial charge in [-0.05, 0) is 50.5 Å². The van der Waals surface area contributed by atoms with Crippen LogP contribution in [0.2, 0.25) is 5.02 Å². The molecule has 0 spiro atoms. The summed E-state index contributed by atoms with van der Waals surface area (Å²) in [7, 11) is -3.09. The largest absolute Gasteiger partial charge is 0.492 e. The van der Waals surface area contributed by atoms with E-state index in [0.29, 0.717) is 17.2 Å². The Kier molecular flexibility index (Phi) is 6.97. The molecule has 0 saturated heterocycles. The molecule has 120 valence electrons. The van der Waals surface area contributed by atoms with Crippen LogP contribution in [0.4, 0.5) is 0 Å². The van der Waals surface area contributed by atoms with Gasteiger partial charge >= 0.3 is 0 Å². The first-order valence-electron chi connectivity index (χ1n) is 7.14. The minimum atomic E-state index is -3.09. The second kappa shape index (κ2) is 8.01. The van der Waals surface area contributed by atoms with Crippen molar-refractivity contribution in [2.24, 2.45) is 5.73 Å². The molecule has 0 aromatic heterocycles. The van der Waals surface area contributed by atoms with Gasteiger partial charge in [0.05, 0.1) is 11.0 Å². The normalized spacial score (nSPS) is 13.4. The molecule has 1 rings (SSSR count). The zero-order chi connectivity index (χ0) is 16.0. The van der Waals surface area contributed by atoms with E-state index in [1.807, 2.05) is 13.0 Å². The topological polar surface area (TPSA) is 69.4 Å². The molecule has 1 unspecified atom stereocenters. The van der Waals surface area contributed by atoms with Gasteiger partial charge in [-0.3, -0.25) is 0 Å². The summed E-state index contributed by atoms with van der Waals surface area (Å²) in [6, 6.07) is 5.35. The highest BCUT2D eigenvalue weighted by molar-refractivity contribution is 7.91. The quantitative estimate of drug-likeness (QED) is 0.794. The molecule has 1 aromatic carbocycles. The van der Waals surface area contributed by atoms with E-state index in [1.165, 1.54) is 0 Å². The minimum absolute atomic E-state index is 0.00651. The molecule has 2 N–H and O–H groups in total. The Morgan fingerprint density at radius 2 is 2.00 bits per heavy atom. The van der Waals surface area contributed by atoms with E-state index in [1.54, 1.807) is 26.0 Å². The van der Waals surface area contributed by atoms with E-state index in [-0.39, 0.29) is 23.7 Å². The third kappa shape index (κ3) is 5.85. The predicted octanol–water partition coefficient (Wildman–Crippen LogP) is 2.82. The maximum absolute atomic E-state index is 11.8. The van der Waals surface area contributed by atoms with E-state index >= 15 is 0 Å². The lowest BCUT2D eigenvalue weighted by molar-refractivity contribution is 0.336. The summed E-state index contributed by atoms with van der Waals surface area (Å²) in [5.74, 6) is 0.661. The van der Waals surface area contributed by atoms with Gasteiger partial charge in [0.2, 0.25) is 0 Å². The van der Waals surface area contributed by atoms with Crippen LogP contribution >= 0.6 is 11.6 Å². The van der Waals surface area contributed by atoms with Crippen molar-refractivity contribution in [3.63, 3.8) is 0 Å². The van der Waals surface area contributed by atoms with Crippen LogP contribution in [-0.4, -0.2) is 32.1 Å². The Balaban J connectivity index is 2.74. The van der Waals surface area contributed by atoms with Crippen molar-refractivity contribution in [3.8, 4) is 5.75 Å². The van der Waals surface area contributed by atoms with Gasteiger partial charge in [-0.25, -0.2) is 8.42 Å². The summed E-state index contributed by atoms with van der Waals surface area (Å²) >= 11 is 6.00. The molecule has 1 aromatic rings. The van der Waals surface area contributed by atoms with Crippen LogP contribution in [-0.2, 0) is 16.3 Å². The van der Waals surface area contributed by atoms with Crippen molar-refractivity contribution < 1.29 is 13.2 Å². The Morgan fingerprint density at radius 3 is 2.57 bits per heavy atom. The van der Waals surface area contributed by atoms with Gasteiger partial charge in [-0.2, -0.15) is 0 Å². The number of benzene rings is 1. The van der Waals surface area contributed by atoms with E-state index in [4.69, 9.17) is 22.1 Å². The molecule has 0 amide bonds. The molecule has 0 saturated carbocycles. The molecule has 6 heteroatoms. The van der Waals surface area contributed by atoms with Crippen LogP contribution in [0.5, 0.6) is 5.75 Å². The Bertz CT molecular complexity index is 558. The molecular formula is C15H24ClNO3S. The molecule has 0 heterocycles. The Labute approximate surface area is 132 Å². The predicted molar refractivity (Wildman–Crippen MR) is 87.8 cm³/mol. The third-order valence-electron chi connectivity index (χ3n) is 3.37. The standard InChI is InChI=1S/C15H24ClNO3S/c1-4-14(17)10-12-9-13(16)5-6-15(12)20-7-8-21(18,19)11(2)3/h5-6,9,11,14H,4,7-8,10,17H2,1-3H3. The fourth-order valence-electron chi connectivity index (χ4n) is 1.78. The first-order valence-corrected chi connectivity index (χ1v) is 9.24. The first-order chi connectivity index (χ1) is 9.76. The summed E-state index contributed by atoms with van der Waals surface area (Å²) < 4.78 is 29.2. The second-order valence-electron chi connectivity index (χ2n) is 5.39. The Morgan fingerprint density at radius 1 is 1.33 bits per heavy atom. The number of sulfone groups is 1. The summed E-state index contributed by atoms with van der Waals surface area (Å²) in [6.45, 7) is 5.49. The van der Waals surface area contributed by atoms with Gasteiger partial charge in [0.25, 0.3) is 0 Å². The Hall–Kier alpha value is -0.780. The monoisotopic (exact) mass is 333 g/mol. The fourth-order valence-corrected chi connectivity index (χ4v) is 2.76. The lowest BCUT2D eigenvalue weighted by Gasteiger charge is -2.15. The molecule has 21 heavy (non-hydrogen) atoms. The summed E-state index contributed by atoms with van der Waals surface area (Å²) in [4.78, 5) is 0. The fraction of sp³-hybridized carbons (Fsp3) is 0.600. The minimum Gasteiger partial charge on any atom is -0.492 e. The zero-order valence-corrected chi connectivity index (χ0v) is 14.4. The molecule has 0 aliphatic heterocycles. The average molecular weight is 334 g/mol. The number of ether oxygens (including phenoxy) is 1. The number of hydrogen-bond donors (Lipinski definition) is 1. The lowest BCUT2D eigenvalue weighted by Crippen LogP contribution is -2.23. The van der Waals surface area contributed by atoms with E-state index in [9.17, 15) is 8.42 Å². The molecule has 0 bridgehead atoms. The molecule has 4 nitrogen and oxygen atoms in total. The van der Waals surface area contributed by atoms with Crippen LogP contribution in [0.1, 0.15) is 32.8 Å². The number of halogens is 1. The highest BCUT2D eigenvalue weighted by Crippen LogP contribution is 2.24. The van der Waals surface area contributed by atoms with Gasteiger partial charge in [0, 0.05) is 11.1 Å². The van der Waals surface area contributed by atoms with Crippen molar-refractivity contribution in [1.29, 1.82) is 0 Å². The van der Waals surface area contributed by atoms with E-state index < -0.39 is 9.84 Å². The van der Waals surface area contributed by atoms with Gasteiger partial charge in [-0.15, -0.1) is 0 Å². The van der Waals surface area contributed by atoms with Crippen molar-refractivity contribution in [1.82, 2.24) is 0 Å². The number of nitrogens with two attached hydrogens (primary N) is 1. The molecule has 0 aliphatic carbocycles.